The summed E-state index contributed by atoms with van der Waals surface area (Å²) in [6.07, 6.45) is 5.26. The molecule has 2 aromatic rings. The van der Waals surface area contributed by atoms with Crippen LogP contribution in [0.5, 0.6) is 0 Å². The maximum absolute atomic E-state index is 5.79. The molecule has 1 atom stereocenters. The first-order valence-electron chi connectivity index (χ1n) is 5.63. The van der Waals surface area contributed by atoms with Gasteiger partial charge in [-0.1, -0.05) is 24.1 Å². The normalized spacial score (nSPS) is 12.5. The van der Waals surface area contributed by atoms with Crippen molar-refractivity contribution in [2.24, 2.45) is 5.73 Å². The molecule has 88 valence electrons. The van der Waals surface area contributed by atoms with Crippen LogP contribution in [0.15, 0.2) is 28.7 Å². The van der Waals surface area contributed by atoms with Crippen LogP contribution in [0.1, 0.15) is 17.4 Å². The van der Waals surface area contributed by atoms with Crippen molar-refractivity contribution in [3.63, 3.8) is 0 Å². The summed E-state index contributed by atoms with van der Waals surface area (Å²) in [5.74, 6) is 3.46. The van der Waals surface area contributed by atoms with Crippen LogP contribution in [0.2, 0.25) is 0 Å². The number of hydrogen-bond donors (Lipinski definition) is 2. The van der Waals surface area contributed by atoms with Crippen molar-refractivity contribution in [3.8, 4) is 12.3 Å². The van der Waals surface area contributed by atoms with Crippen LogP contribution in [-0.4, -0.2) is 13.1 Å². The highest BCUT2D eigenvalue weighted by Crippen LogP contribution is 2.29. The van der Waals surface area contributed by atoms with Gasteiger partial charge in [-0.3, -0.25) is 5.32 Å². The summed E-state index contributed by atoms with van der Waals surface area (Å²) >= 11 is 0. The number of aryl methyl sites for hydroxylation is 1. The number of furan rings is 1. The minimum atomic E-state index is 0.0368. The number of nitrogens with two attached hydrogens (primary N) is 1. The Labute approximate surface area is 101 Å². The van der Waals surface area contributed by atoms with Gasteiger partial charge in [0.2, 0.25) is 0 Å². The number of nitrogens with one attached hydrogen (secondary N) is 1. The monoisotopic (exact) mass is 228 g/mol. The van der Waals surface area contributed by atoms with Gasteiger partial charge in [0.05, 0.1) is 6.54 Å². The molecule has 3 heteroatoms. The summed E-state index contributed by atoms with van der Waals surface area (Å²) in [5.41, 5.74) is 7.79. The zero-order valence-electron chi connectivity index (χ0n) is 9.86. The lowest BCUT2D eigenvalue weighted by molar-refractivity contribution is 0.535. The number of hydrogen-bond acceptors (Lipinski definition) is 3. The minimum Gasteiger partial charge on any atom is -0.461 e. The second-order valence-electron chi connectivity index (χ2n) is 3.94. The number of para-hydroxylation sites is 1. The van der Waals surface area contributed by atoms with Crippen molar-refractivity contribution in [2.45, 2.75) is 13.0 Å². The first-order chi connectivity index (χ1) is 8.27. The quantitative estimate of drug-likeness (QED) is 0.786. The molecule has 2 rings (SSSR count). The smallest absolute Gasteiger partial charge is 0.134 e. The van der Waals surface area contributed by atoms with E-state index in [0.717, 1.165) is 22.3 Å². The molecule has 0 radical (unpaired) electrons. The van der Waals surface area contributed by atoms with E-state index in [9.17, 15) is 0 Å². The highest BCUT2D eigenvalue weighted by atomic mass is 16.3. The van der Waals surface area contributed by atoms with Gasteiger partial charge in [0.25, 0.3) is 0 Å². The summed E-state index contributed by atoms with van der Waals surface area (Å²) in [6.45, 7) is 2.95. The van der Waals surface area contributed by atoms with Crippen molar-refractivity contribution < 1.29 is 4.42 Å². The fourth-order valence-corrected chi connectivity index (χ4v) is 2.11. The van der Waals surface area contributed by atoms with E-state index in [-0.39, 0.29) is 6.04 Å². The molecule has 0 amide bonds. The Morgan fingerprint density at radius 1 is 1.47 bits per heavy atom. The first-order valence-corrected chi connectivity index (χ1v) is 5.63. The lowest BCUT2D eigenvalue weighted by atomic mass is 10.0. The molecule has 0 bridgehead atoms. The molecule has 0 fully saturated rings. The Morgan fingerprint density at radius 2 is 2.24 bits per heavy atom. The van der Waals surface area contributed by atoms with Crippen molar-refractivity contribution in [2.75, 3.05) is 13.1 Å². The van der Waals surface area contributed by atoms with Gasteiger partial charge >= 0.3 is 0 Å². The highest BCUT2D eigenvalue weighted by Gasteiger charge is 2.18. The lowest BCUT2D eigenvalue weighted by Gasteiger charge is -2.15. The van der Waals surface area contributed by atoms with Crippen LogP contribution >= 0.6 is 0 Å². The topological polar surface area (TPSA) is 51.2 Å². The first kappa shape index (κ1) is 11.7. The predicted octanol–water partition coefficient (Wildman–Crippen LogP) is 1.96. The van der Waals surface area contributed by atoms with E-state index < -0.39 is 0 Å². The van der Waals surface area contributed by atoms with Crippen molar-refractivity contribution in [1.82, 2.24) is 5.32 Å². The van der Waals surface area contributed by atoms with Crippen LogP contribution in [0.3, 0.4) is 0 Å². The van der Waals surface area contributed by atoms with Gasteiger partial charge in [-0.25, -0.2) is 0 Å². The molecule has 1 aromatic heterocycles. The van der Waals surface area contributed by atoms with Crippen molar-refractivity contribution in [1.29, 1.82) is 0 Å². The standard InChI is InChI=1S/C14H16N2O/c1-3-8-16-12(9-15)14-10(2)17-13-7-5-4-6-11(13)14/h1,4-7,12,16H,8-9,15H2,2H3. The van der Waals surface area contributed by atoms with Gasteiger partial charge in [0, 0.05) is 23.5 Å². The highest BCUT2D eigenvalue weighted by molar-refractivity contribution is 5.82. The Bertz CT molecular complexity index is 551. The number of fused-ring (bicyclic) bond motifs is 1. The largest absolute Gasteiger partial charge is 0.461 e. The van der Waals surface area contributed by atoms with Gasteiger partial charge in [-0.2, -0.15) is 0 Å². The lowest BCUT2D eigenvalue weighted by Crippen LogP contribution is -2.28. The molecule has 0 saturated carbocycles. The Kier molecular flexibility index (Phi) is 3.48. The van der Waals surface area contributed by atoms with Crippen molar-refractivity contribution in [3.05, 3.63) is 35.6 Å². The van der Waals surface area contributed by atoms with Crippen LogP contribution in [0, 0.1) is 19.3 Å². The zero-order chi connectivity index (χ0) is 12.3. The van der Waals surface area contributed by atoms with Gasteiger partial charge in [-0.05, 0) is 13.0 Å². The third-order valence-electron chi connectivity index (χ3n) is 2.85. The summed E-state index contributed by atoms with van der Waals surface area (Å²) in [6, 6.07) is 7.99. The Hall–Kier alpha value is -1.76. The molecule has 1 aromatic carbocycles. The van der Waals surface area contributed by atoms with Gasteiger partial charge in [0.15, 0.2) is 0 Å². The molecule has 0 aliphatic rings. The van der Waals surface area contributed by atoms with E-state index in [4.69, 9.17) is 16.6 Å². The average Bonchev–Trinajstić information content (AvgIpc) is 2.67. The molecule has 0 aliphatic heterocycles. The molecule has 17 heavy (non-hydrogen) atoms. The molecule has 1 heterocycles. The molecule has 3 N–H and O–H groups in total. The average molecular weight is 228 g/mol. The van der Waals surface area contributed by atoms with Crippen LogP contribution in [0.25, 0.3) is 11.0 Å². The molecule has 0 aliphatic carbocycles. The van der Waals surface area contributed by atoms with Gasteiger partial charge in [0.1, 0.15) is 11.3 Å². The zero-order valence-corrected chi connectivity index (χ0v) is 9.86. The second kappa shape index (κ2) is 5.05. The van der Waals surface area contributed by atoms with Gasteiger partial charge in [-0.15, -0.1) is 6.42 Å². The SMILES string of the molecule is C#CCNC(CN)c1c(C)oc2ccccc12. The maximum Gasteiger partial charge on any atom is 0.134 e. The number of benzene rings is 1. The molecule has 0 spiro atoms. The summed E-state index contributed by atoms with van der Waals surface area (Å²) in [5, 5.41) is 4.34. The number of rotatable bonds is 4. The van der Waals surface area contributed by atoms with Crippen LogP contribution in [-0.2, 0) is 0 Å². The van der Waals surface area contributed by atoms with E-state index in [2.05, 4.69) is 11.2 Å². The fraction of sp³-hybridized carbons (Fsp3) is 0.286. The van der Waals surface area contributed by atoms with Gasteiger partial charge < -0.3 is 10.2 Å². The van der Waals surface area contributed by atoms with Crippen molar-refractivity contribution >= 4 is 11.0 Å². The predicted molar refractivity (Wildman–Crippen MR) is 69.6 cm³/mol. The third-order valence-corrected chi connectivity index (χ3v) is 2.85. The Morgan fingerprint density at radius 3 is 2.94 bits per heavy atom. The third kappa shape index (κ3) is 2.19. The molecular weight excluding hydrogens is 212 g/mol. The van der Waals surface area contributed by atoms with Crippen LogP contribution in [0.4, 0.5) is 0 Å². The van der Waals surface area contributed by atoms with E-state index in [0.29, 0.717) is 13.1 Å². The summed E-state index contributed by atoms with van der Waals surface area (Å²) in [4.78, 5) is 0. The van der Waals surface area contributed by atoms with Crippen LogP contribution < -0.4 is 11.1 Å². The summed E-state index contributed by atoms with van der Waals surface area (Å²) in [7, 11) is 0. The van der Waals surface area contributed by atoms with E-state index >= 15 is 0 Å². The fourth-order valence-electron chi connectivity index (χ4n) is 2.11. The summed E-state index contributed by atoms with van der Waals surface area (Å²) < 4.78 is 5.71. The van der Waals surface area contributed by atoms with E-state index in [1.807, 2.05) is 31.2 Å². The molecule has 0 saturated heterocycles. The van der Waals surface area contributed by atoms with E-state index in [1.54, 1.807) is 0 Å². The molecule has 3 nitrogen and oxygen atoms in total. The minimum absolute atomic E-state index is 0.0368. The second-order valence-corrected chi connectivity index (χ2v) is 3.94. The molecule has 1 unspecified atom stereocenters. The maximum atomic E-state index is 5.79. The number of terminal acetylenes is 1. The molecular formula is C14H16N2O. The Balaban J connectivity index is 2.45. The van der Waals surface area contributed by atoms with E-state index in [1.165, 1.54) is 0 Å².